The molecule has 1 spiro atoms. The van der Waals surface area contributed by atoms with Crippen LogP contribution in [0.4, 0.5) is 0 Å². The predicted octanol–water partition coefficient (Wildman–Crippen LogP) is 11.6. The first-order valence-electron chi connectivity index (χ1n) is 21.1. The molecule has 8 aromatic rings. The van der Waals surface area contributed by atoms with Crippen molar-refractivity contribution in [3.63, 3.8) is 0 Å². The number of carbonyl (C=O) groups excluding carboxylic acids is 2. The van der Waals surface area contributed by atoms with Crippen molar-refractivity contribution in [2.24, 2.45) is 0 Å². The van der Waals surface area contributed by atoms with E-state index in [1.54, 1.807) is 30.3 Å². The number of aryl methyl sites for hydroxylation is 1. The molecule has 3 atom stereocenters. The van der Waals surface area contributed by atoms with Crippen LogP contribution in [0, 0.1) is 6.92 Å². The summed E-state index contributed by atoms with van der Waals surface area (Å²) in [5.74, 6) is -0.500. The molecule has 0 saturated heterocycles. The molecule has 8 aromatic carbocycles. The molecule has 2 heterocycles. The van der Waals surface area contributed by atoms with Crippen molar-refractivity contribution in [2.75, 3.05) is 0 Å². The highest BCUT2D eigenvalue weighted by atomic mass is 16.9. The molecule has 2 aliphatic carbocycles. The van der Waals surface area contributed by atoms with Gasteiger partial charge in [0.15, 0.2) is 5.78 Å². The summed E-state index contributed by atoms with van der Waals surface area (Å²) in [6.07, 6.45) is 1.56. The van der Waals surface area contributed by atoms with Crippen molar-refractivity contribution in [3.8, 4) is 68.2 Å². The maximum atomic E-state index is 14.5. The van der Waals surface area contributed by atoms with Crippen molar-refractivity contribution in [1.82, 2.24) is 0 Å². The van der Waals surface area contributed by atoms with E-state index in [9.17, 15) is 30.0 Å². The third kappa shape index (κ3) is 4.49. The van der Waals surface area contributed by atoms with E-state index in [0.717, 1.165) is 34.7 Å². The average Bonchev–Trinajstić information content (AvgIpc) is 3.24. The second-order valence-electron chi connectivity index (χ2n) is 17.3. The van der Waals surface area contributed by atoms with Gasteiger partial charge in [-0.25, -0.2) is 0 Å². The number of hydrogen-bond donors (Lipinski definition) is 4. The van der Waals surface area contributed by atoms with Gasteiger partial charge in [-0.1, -0.05) is 58.0 Å². The van der Waals surface area contributed by atoms with Crippen molar-refractivity contribution in [1.29, 1.82) is 0 Å². The Morgan fingerprint density at radius 1 is 0.516 bits per heavy atom. The first kappa shape index (κ1) is 36.5. The summed E-state index contributed by atoms with van der Waals surface area (Å²) in [5, 5.41) is 51.0. The van der Waals surface area contributed by atoms with Gasteiger partial charge in [0.25, 0.3) is 0 Å². The number of phenolic OH excluding ortho intramolecular Hbond substituents is 4. The van der Waals surface area contributed by atoms with Crippen molar-refractivity contribution in [2.45, 2.75) is 59.3 Å². The van der Waals surface area contributed by atoms with E-state index in [-0.39, 0.29) is 68.8 Å². The lowest BCUT2D eigenvalue weighted by atomic mass is 9.76. The Kier molecular flexibility index (Phi) is 7.13. The molecule has 0 amide bonds. The maximum Gasteiger partial charge on any atom is 0.777 e. The van der Waals surface area contributed by atoms with Gasteiger partial charge >= 0.3 is 6.96 Å². The molecular formula is C51H38BO10-. The molecule has 12 rings (SSSR count). The largest absolute Gasteiger partial charge is 0.777 e. The number of hydrogen-bond acceptors (Lipinski definition) is 10. The lowest BCUT2D eigenvalue weighted by Crippen LogP contribution is -2.62. The van der Waals surface area contributed by atoms with Crippen LogP contribution in [-0.4, -0.2) is 38.9 Å². The van der Waals surface area contributed by atoms with E-state index < -0.39 is 12.7 Å². The number of phenols is 4. The Bertz CT molecular complexity index is 3480. The highest BCUT2D eigenvalue weighted by molar-refractivity contribution is 6.60. The van der Waals surface area contributed by atoms with Gasteiger partial charge in [0.05, 0.1) is 50.5 Å². The molecule has 2 aliphatic heterocycles. The molecule has 4 aliphatic rings. The van der Waals surface area contributed by atoms with E-state index in [0.29, 0.717) is 77.2 Å². The van der Waals surface area contributed by atoms with Crippen LogP contribution in [0.25, 0.3) is 65.3 Å². The summed E-state index contributed by atoms with van der Waals surface area (Å²) in [4.78, 5) is 28.9. The van der Waals surface area contributed by atoms with Crippen molar-refractivity contribution in [3.05, 3.63) is 118 Å². The second kappa shape index (κ2) is 12.1. The van der Waals surface area contributed by atoms with Gasteiger partial charge in [0.1, 0.15) is 23.0 Å². The zero-order valence-electron chi connectivity index (χ0n) is 34.4. The van der Waals surface area contributed by atoms with E-state index in [1.165, 1.54) is 12.1 Å². The van der Waals surface area contributed by atoms with Gasteiger partial charge in [0, 0.05) is 50.0 Å². The smallest absolute Gasteiger partial charge is 0.611 e. The molecule has 0 bridgehead atoms. The monoisotopic (exact) mass is 821 g/mol. The number of rotatable bonds is 4. The minimum absolute atomic E-state index is 0.0124. The summed E-state index contributed by atoms with van der Waals surface area (Å²) in [6.45, 7) is 6.64. The summed E-state index contributed by atoms with van der Waals surface area (Å²) in [7, 11) is 0. The van der Waals surface area contributed by atoms with Crippen molar-refractivity contribution < 1.29 is 48.6 Å². The van der Waals surface area contributed by atoms with Gasteiger partial charge in [-0.15, -0.1) is 0 Å². The topological polar surface area (TPSA) is 152 Å². The van der Waals surface area contributed by atoms with Gasteiger partial charge in [-0.05, 0) is 107 Å². The fourth-order valence-electron chi connectivity index (χ4n) is 10.5. The van der Waals surface area contributed by atoms with Crippen LogP contribution < -0.4 is 18.6 Å². The van der Waals surface area contributed by atoms with E-state index in [2.05, 4.69) is 13.8 Å². The van der Waals surface area contributed by atoms with E-state index in [1.807, 2.05) is 57.2 Å². The normalized spacial score (nSPS) is 17.4. The minimum Gasteiger partial charge on any atom is -0.611 e. The molecule has 11 heteroatoms. The van der Waals surface area contributed by atoms with Crippen LogP contribution >= 0.6 is 0 Å². The Labute approximate surface area is 354 Å². The third-order valence-electron chi connectivity index (χ3n) is 13.8. The SMILES string of the molecule is CCC(C)c1cc(O)c2c(c1)-c1c3c4c(cccc4c4cccc(c14)C2=O)O[B-]1(O3)Oc2cc(O)cc3c2c(c2c4c(c(O)cc(C)c43)C(=O)c3c(O)cc(C(C)CC)cc3-2)O1. The zero-order chi connectivity index (χ0) is 42.8. The zero-order valence-corrected chi connectivity index (χ0v) is 34.4. The molecule has 0 fully saturated rings. The Hall–Kier alpha value is -7.40. The molecule has 4 N–H and O–H groups in total. The molecule has 10 nitrogen and oxygen atoms in total. The van der Waals surface area contributed by atoms with Crippen LogP contribution in [0.15, 0.2) is 78.9 Å². The van der Waals surface area contributed by atoms with Gasteiger partial charge in [0.2, 0.25) is 5.78 Å². The first-order chi connectivity index (χ1) is 29.8. The Balaban J connectivity index is 1.19. The number of ketones is 2. The molecule has 306 valence electrons. The standard InChI is InChI=1S/C51H38BO10/c1-6-21(3)24-15-30-40(34(55)17-24)48(57)29-12-8-10-27-28-11-9-13-36-42(28)50(44(30)39(27)29)61-52(59-36)60-37-20-26(53)19-32-38-23(5)14-33(54)46-47(38)45(51(62-52)43(32)37)31-16-25(22(4)7-2)18-35(56)41(31)49(46)58/h8-22,53-56H,6-7H2,1-5H3/q-1. The molecule has 0 radical (unpaired) electrons. The fourth-order valence-corrected chi connectivity index (χ4v) is 10.5. The average molecular weight is 822 g/mol. The number of benzene rings is 8. The highest BCUT2D eigenvalue weighted by Gasteiger charge is 2.52. The van der Waals surface area contributed by atoms with E-state index in [4.69, 9.17) is 18.6 Å². The third-order valence-corrected chi connectivity index (χ3v) is 13.8. The summed E-state index contributed by atoms with van der Waals surface area (Å²) < 4.78 is 27.8. The number of carbonyl (C=O) groups is 2. The Morgan fingerprint density at radius 3 is 1.71 bits per heavy atom. The molecule has 0 aromatic heterocycles. The van der Waals surface area contributed by atoms with Crippen molar-refractivity contribution >= 4 is 61.6 Å². The van der Waals surface area contributed by atoms with Gasteiger partial charge in [-0.2, -0.15) is 0 Å². The quantitative estimate of drug-likeness (QED) is 0.0997. The fraction of sp³-hybridized carbons (Fsp3) is 0.176. The molecule has 62 heavy (non-hydrogen) atoms. The first-order valence-corrected chi connectivity index (χ1v) is 21.1. The van der Waals surface area contributed by atoms with Crippen LogP contribution in [0.1, 0.15) is 101 Å². The second-order valence-corrected chi connectivity index (χ2v) is 17.3. The summed E-state index contributed by atoms with van der Waals surface area (Å²) in [6, 6.07) is 22.8. The van der Waals surface area contributed by atoms with Gasteiger partial charge in [-0.3, -0.25) is 9.59 Å². The molecular weight excluding hydrogens is 783 g/mol. The Morgan fingerprint density at radius 2 is 1.06 bits per heavy atom. The lowest BCUT2D eigenvalue weighted by molar-refractivity contribution is 0.102. The number of fused-ring (bicyclic) bond motifs is 8. The van der Waals surface area contributed by atoms with Crippen LogP contribution in [0.2, 0.25) is 0 Å². The summed E-state index contributed by atoms with van der Waals surface area (Å²) in [5.41, 5.74) is 4.74. The molecule has 3 unspecified atom stereocenters. The minimum atomic E-state index is -3.39. The van der Waals surface area contributed by atoms with Gasteiger partial charge < -0.3 is 39.0 Å². The summed E-state index contributed by atoms with van der Waals surface area (Å²) >= 11 is 0. The van der Waals surface area contributed by atoms with Crippen LogP contribution in [-0.2, 0) is 0 Å². The van der Waals surface area contributed by atoms with E-state index >= 15 is 0 Å². The number of aromatic hydroxyl groups is 4. The molecule has 0 saturated carbocycles. The maximum absolute atomic E-state index is 14.5. The van der Waals surface area contributed by atoms with Crippen LogP contribution in [0.3, 0.4) is 0 Å². The highest BCUT2D eigenvalue weighted by Crippen LogP contribution is 2.60. The predicted molar refractivity (Wildman–Crippen MR) is 238 cm³/mol. The lowest BCUT2D eigenvalue weighted by Gasteiger charge is -2.49. The van der Waals surface area contributed by atoms with Crippen LogP contribution in [0.5, 0.6) is 46.0 Å².